The van der Waals surface area contributed by atoms with Gasteiger partial charge in [-0.15, -0.1) is 13.2 Å². The smallest absolute Gasteiger partial charge is 0.407 e. The zero-order valence-corrected chi connectivity index (χ0v) is 31.3. The number of carbonyl (C=O) groups excluding carboxylic acids is 4. The van der Waals surface area contributed by atoms with E-state index in [0.29, 0.717) is 18.4 Å². The topological polar surface area (TPSA) is 137 Å². The number of nitrogens with one attached hydrogen (secondary N) is 3. The summed E-state index contributed by atoms with van der Waals surface area (Å²) >= 11 is 0. The number of hydrogen-bond donors (Lipinski definition) is 4. The van der Waals surface area contributed by atoms with Crippen LogP contribution in [0.15, 0.2) is 128 Å². The normalized spacial score (nSPS) is 13.3. The second-order valence-electron chi connectivity index (χ2n) is 13.7. The molecule has 10 heteroatoms. The summed E-state index contributed by atoms with van der Waals surface area (Å²) in [6.45, 7) is 7.91. The van der Waals surface area contributed by atoms with Crippen LogP contribution < -0.4 is 16.0 Å². The summed E-state index contributed by atoms with van der Waals surface area (Å²) in [5.41, 5.74) is 5.92. The van der Waals surface area contributed by atoms with Crippen LogP contribution in [0, 0.1) is 0 Å². The minimum Gasteiger partial charge on any atom is -0.508 e. The van der Waals surface area contributed by atoms with Crippen LogP contribution in [0.5, 0.6) is 5.75 Å². The van der Waals surface area contributed by atoms with E-state index in [4.69, 9.17) is 4.74 Å². The summed E-state index contributed by atoms with van der Waals surface area (Å²) in [6, 6.07) is 28.8. The summed E-state index contributed by atoms with van der Waals surface area (Å²) in [5, 5.41) is 18.4. The number of hydrogen-bond acceptors (Lipinski definition) is 6. The number of benzene rings is 4. The number of amides is 4. The molecule has 0 aliphatic heterocycles. The van der Waals surface area contributed by atoms with Gasteiger partial charge in [0, 0.05) is 25.9 Å². The summed E-state index contributed by atoms with van der Waals surface area (Å²) in [7, 11) is 1.51. The van der Waals surface area contributed by atoms with Crippen LogP contribution in [0.2, 0.25) is 0 Å². The van der Waals surface area contributed by atoms with Crippen LogP contribution in [-0.2, 0) is 32.1 Å². The molecule has 5 rings (SSSR count). The largest absolute Gasteiger partial charge is 0.508 e. The molecular weight excluding hydrogens is 693 g/mol. The zero-order valence-electron chi connectivity index (χ0n) is 31.3. The minimum atomic E-state index is -1.08. The van der Waals surface area contributed by atoms with Gasteiger partial charge in [-0.25, -0.2) is 4.79 Å². The summed E-state index contributed by atoms with van der Waals surface area (Å²) in [5.74, 6) is -1.54. The van der Waals surface area contributed by atoms with E-state index in [-0.39, 0.29) is 37.7 Å². The van der Waals surface area contributed by atoms with Gasteiger partial charge in [0.1, 0.15) is 30.5 Å². The van der Waals surface area contributed by atoms with Gasteiger partial charge in [-0.2, -0.15) is 0 Å². The molecule has 55 heavy (non-hydrogen) atoms. The number of carbonyl (C=O) groups is 4. The molecule has 3 atom stereocenters. The molecule has 1 aliphatic carbocycles. The Morgan fingerprint density at radius 2 is 1.40 bits per heavy atom. The third-order valence-electron chi connectivity index (χ3n) is 9.91. The van der Waals surface area contributed by atoms with Crippen molar-refractivity contribution in [2.24, 2.45) is 0 Å². The quantitative estimate of drug-likeness (QED) is 0.0617. The number of phenolic OH excluding ortho intramolecular Hbond substituents is 1. The molecule has 0 saturated carbocycles. The van der Waals surface area contributed by atoms with E-state index in [1.165, 1.54) is 24.1 Å². The molecule has 0 spiro atoms. The van der Waals surface area contributed by atoms with Gasteiger partial charge in [0.15, 0.2) is 0 Å². The second kappa shape index (κ2) is 19.8. The van der Waals surface area contributed by atoms with Gasteiger partial charge in [-0.05, 0) is 71.2 Å². The molecule has 0 fully saturated rings. The van der Waals surface area contributed by atoms with Gasteiger partial charge in [0.05, 0.1) is 0 Å². The van der Waals surface area contributed by atoms with Crippen molar-refractivity contribution >= 4 is 23.8 Å². The molecule has 0 heterocycles. The van der Waals surface area contributed by atoms with Crippen molar-refractivity contribution in [2.45, 2.75) is 69.1 Å². The number of unbranched alkanes of at least 4 members (excludes halogenated alkanes) is 2. The van der Waals surface area contributed by atoms with Crippen LogP contribution in [0.3, 0.4) is 0 Å². The first-order valence-corrected chi connectivity index (χ1v) is 18.7. The molecule has 0 bridgehead atoms. The van der Waals surface area contributed by atoms with Gasteiger partial charge < -0.3 is 30.7 Å². The fourth-order valence-electron chi connectivity index (χ4n) is 6.91. The molecule has 0 aromatic heterocycles. The average molecular weight is 743 g/mol. The Labute approximate surface area is 323 Å². The summed E-state index contributed by atoms with van der Waals surface area (Å²) in [4.78, 5) is 56.6. The van der Waals surface area contributed by atoms with Crippen molar-refractivity contribution in [1.29, 1.82) is 0 Å². The lowest BCUT2D eigenvalue weighted by Crippen LogP contribution is -2.57. The minimum absolute atomic E-state index is 0.0576. The lowest BCUT2D eigenvalue weighted by atomic mass is 9.98. The molecule has 0 radical (unpaired) electrons. The van der Waals surface area contributed by atoms with Gasteiger partial charge >= 0.3 is 6.09 Å². The van der Waals surface area contributed by atoms with Crippen LogP contribution in [-0.4, -0.2) is 65.6 Å². The van der Waals surface area contributed by atoms with Crippen molar-refractivity contribution in [3.8, 4) is 16.9 Å². The molecular formula is C45H50N4O6. The maximum Gasteiger partial charge on any atom is 0.407 e. The molecule has 1 aliphatic rings. The first-order chi connectivity index (χ1) is 26.7. The molecule has 10 nitrogen and oxygen atoms in total. The molecule has 4 aromatic rings. The number of ether oxygens (including phenoxy) is 1. The summed E-state index contributed by atoms with van der Waals surface area (Å²) < 4.78 is 5.81. The van der Waals surface area contributed by atoms with Crippen LogP contribution >= 0.6 is 0 Å². The Balaban J connectivity index is 1.32. The molecule has 4 N–H and O–H groups in total. The second-order valence-corrected chi connectivity index (χ2v) is 13.7. The Kier molecular flexibility index (Phi) is 14.4. The molecule has 0 unspecified atom stereocenters. The van der Waals surface area contributed by atoms with Gasteiger partial charge in [-0.1, -0.05) is 110 Å². The number of nitrogens with zero attached hydrogens (tertiary/aromatic N) is 1. The highest BCUT2D eigenvalue weighted by molar-refractivity contribution is 5.94. The third-order valence-corrected chi connectivity index (χ3v) is 9.91. The lowest BCUT2D eigenvalue weighted by molar-refractivity contribution is -0.141. The van der Waals surface area contributed by atoms with Crippen molar-refractivity contribution < 1.29 is 29.0 Å². The van der Waals surface area contributed by atoms with E-state index >= 15 is 0 Å². The third kappa shape index (κ3) is 10.7. The zero-order chi connectivity index (χ0) is 39.2. The molecule has 0 saturated heterocycles. The number of allylic oxidation sites excluding steroid dienone is 1. The predicted molar refractivity (Wildman–Crippen MR) is 214 cm³/mol. The highest BCUT2D eigenvalue weighted by atomic mass is 16.5. The number of phenols is 1. The van der Waals surface area contributed by atoms with E-state index in [0.717, 1.165) is 40.7 Å². The Bertz CT molecular complexity index is 1900. The number of alkyl carbamates (subject to hydrolysis) is 1. The standard InChI is InChI=1S/C45H50N4O6/c1-4-6-7-11-23-40(48-45(54)55-30-38-36-21-14-12-19-34(36)35-20-13-15-22-37(35)38)44(53)49(3)41(28-31-24-26-33(50)27-25-31)43(52)47-39(16-5-2)42(51)46-29-32-17-9-8-10-18-32/h4-5,8-10,12-15,17-22,24-27,38-41,50H,1-2,6-7,11,16,23,28-30H2,3H3,(H,46,51)(H,47,52)(H,48,54)/t39-,40-,41-/m0/s1. The first-order valence-electron chi connectivity index (χ1n) is 18.7. The average Bonchev–Trinajstić information content (AvgIpc) is 3.53. The highest BCUT2D eigenvalue weighted by Crippen LogP contribution is 2.44. The van der Waals surface area contributed by atoms with Crippen molar-refractivity contribution in [2.75, 3.05) is 13.7 Å². The van der Waals surface area contributed by atoms with E-state index < -0.39 is 41.9 Å². The monoisotopic (exact) mass is 742 g/mol. The maximum absolute atomic E-state index is 14.3. The Morgan fingerprint density at radius 1 is 0.764 bits per heavy atom. The van der Waals surface area contributed by atoms with Crippen LogP contribution in [0.1, 0.15) is 60.3 Å². The maximum atomic E-state index is 14.3. The van der Waals surface area contributed by atoms with E-state index in [9.17, 15) is 24.3 Å². The predicted octanol–water partition coefficient (Wildman–Crippen LogP) is 6.79. The van der Waals surface area contributed by atoms with Gasteiger partial charge in [-0.3, -0.25) is 14.4 Å². The number of aromatic hydroxyl groups is 1. The van der Waals surface area contributed by atoms with Crippen LogP contribution in [0.25, 0.3) is 11.1 Å². The highest BCUT2D eigenvalue weighted by Gasteiger charge is 2.35. The van der Waals surface area contributed by atoms with Gasteiger partial charge in [0.2, 0.25) is 17.7 Å². The molecule has 4 aromatic carbocycles. The number of fused-ring (bicyclic) bond motifs is 3. The number of likely N-dealkylation sites (N-methyl/N-ethyl adjacent to an activating group) is 1. The van der Waals surface area contributed by atoms with Crippen molar-refractivity contribution in [3.63, 3.8) is 0 Å². The molecule has 4 amide bonds. The first kappa shape index (κ1) is 40.0. The van der Waals surface area contributed by atoms with E-state index in [2.05, 4.69) is 41.2 Å². The van der Waals surface area contributed by atoms with Crippen molar-refractivity contribution in [1.82, 2.24) is 20.9 Å². The van der Waals surface area contributed by atoms with E-state index in [1.54, 1.807) is 24.3 Å². The summed E-state index contributed by atoms with van der Waals surface area (Å²) in [6.07, 6.45) is 5.25. The Hall–Kier alpha value is -6.16. The number of rotatable bonds is 19. The molecule has 286 valence electrons. The fraction of sp³-hybridized carbons (Fsp3) is 0.289. The van der Waals surface area contributed by atoms with Crippen molar-refractivity contribution in [3.05, 3.63) is 151 Å². The van der Waals surface area contributed by atoms with E-state index in [1.807, 2.05) is 66.7 Å². The van der Waals surface area contributed by atoms with Crippen LogP contribution in [0.4, 0.5) is 4.79 Å². The Morgan fingerprint density at radius 3 is 2.04 bits per heavy atom. The van der Waals surface area contributed by atoms with Gasteiger partial charge in [0.25, 0.3) is 0 Å². The SMILES string of the molecule is C=CCCCC[C@H](NC(=O)OCC1c2ccccc2-c2ccccc21)C(=O)N(C)[C@@H](Cc1ccc(O)cc1)C(=O)N[C@@H](CC=C)C(=O)NCc1ccccc1. The lowest BCUT2D eigenvalue weighted by Gasteiger charge is -2.32. The fourth-order valence-corrected chi connectivity index (χ4v) is 6.91.